The van der Waals surface area contributed by atoms with Gasteiger partial charge in [0.25, 0.3) is 0 Å². The maximum Gasteiger partial charge on any atom is 1.00 e. The molecule has 0 radical (unpaired) electrons. The number of rotatable bonds is 0. The minimum absolute atomic E-state index is 0. The van der Waals surface area contributed by atoms with Gasteiger partial charge in [0.2, 0.25) is 0 Å². The van der Waals surface area contributed by atoms with Crippen molar-refractivity contribution in [2.24, 2.45) is 0 Å². The second-order valence-corrected chi connectivity index (χ2v) is 0. The summed E-state index contributed by atoms with van der Waals surface area (Å²) in [5.74, 6) is 0. The second-order valence-electron chi connectivity index (χ2n) is 0. The molecule has 0 saturated heterocycles. The van der Waals surface area contributed by atoms with Crippen molar-refractivity contribution in [3.05, 3.63) is 0 Å². The summed E-state index contributed by atoms with van der Waals surface area (Å²) < 4.78 is 0. The van der Waals surface area contributed by atoms with Gasteiger partial charge in [0.05, 0.1) is 0 Å². The first kappa shape index (κ1) is 209. The largest absolute Gasteiger partial charge is 1.00 e. The van der Waals surface area contributed by atoms with Crippen molar-refractivity contribution in [1.82, 2.24) is 0 Å². The Morgan fingerprint density at radius 1 is 0.115 bits per heavy atom. The molecule has 0 aliphatic carbocycles. The maximum absolute atomic E-state index is 0. The topological polar surface area (TPSA) is 63.0 Å². The van der Waals surface area contributed by atoms with E-state index in [0.29, 0.717) is 0 Å². The minimum atomic E-state index is 0. The fraction of sp³-hybridized carbons (Fsp3) is 0. The van der Waals surface area contributed by atoms with Crippen LogP contribution in [-0.4, -0.2) is 11.0 Å². The zero-order chi connectivity index (χ0) is 0. The van der Waals surface area contributed by atoms with Crippen LogP contribution in [0.2, 0.25) is 0 Å². The first-order valence-electron chi connectivity index (χ1n) is 0. The van der Waals surface area contributed by atoms with Crippen LogP contribution in [0.3, 0.4) is 0 Å². The predicted octanol–water partition coefficient (Wildman–Crippen LogP) is -70.9. The molecule has 0 aliphatic rings. The molecule has 0 amide bonds. The number of hydrogen-bond acceptors (Lipinski definition) is 0. The van der Waals surface area contributed by atoms with Gasteiger partial charge >= 0.3 is 709 Å². The molecule has 0 aliphatic heterocycles. The standard InChI is InChI=1S/24Na.2H2O.24H/h;;;;;;;;;;;;;;;;;;;;;;;;2*1H2;;;;;;;;;;;;;;;;;;;;;;;;/q24*+1;;;24*-1. The Bertz CT molecular complexity index is 60.1. The van der Waals surface area contributed by atoms with Crippen molar-refractivity contribution in [3.8, 4) is 0 Å². The fourth-order valence-electron chi connectivity index (χ4n) is 0. The minimum Gasteiger partial charge on any atom is -1.00 e. The molecule has 0 atom stereocenters. The third-order valence-corrected chi connectivity index (χ3v) is 0. The molecule has 0 aromatic rings. The van der Waals surface area contributed by atoms with Crippen LogP contribution in [0.15, 0.2) is 0 Å². The average Bonchev–Trinajstić information content (AvgIpc) is 0. The first-order chi connectivity index (χ1) is 0. The molecule has 0 aromatic carbocycles. The van der Waals surface area contributed by atoms with E-state index in [1.807, 2.05) is 0 Å². The zero-order valence-electron chi connectivity index (χ0n) is 49.0. The monoisotopic (exact) mass is 612 g/mol. The summed E-state index contributed by atoms with van der Waals surface area (Å²) in [6.07, 6.45) is 0. The van der Waals surface area contributed by atoms with Crippen LogP contribution < -0.4 is 709 Å². The Hall–Kier alpha value is 23.9. The summed E-state index contributed by atoms with van der Waals surface area (Å²) in [5, 5.41) is 0. The second kappa shape index (κ2) is 196. The molecular formula is H28Na24O2. The van der Waals surface area contributed by atoms with E-state index in [1.54, 1.807) is 0 Å². The van der Waals surface area contributed by atoms with Gasteiger partial charge in [-0.3, -0.25) is 0 Å². The van der Waals surface area contributed by atoms with Crippen LogP contribution in [0.4, 0.5) is 0 Å². The van der Waals surface area contributed by atoms with Crippen molar-refractivity contribution in [2.75, 3.05) is 0 Å². The molecule has 0 heterocycles. The molecule has 0 unspecified atom stereocenters. The van der Waals surface area contributed by atoms with Gasteiger partial charge in [-0.1, -0.05) is 0 Å². The van der Waals surface area contributed by atoms with Gasteiger partial charge in [-0.2, -0.15) is 0 Å². The summed E-state index contributed by atoms with van der Waals surface area (Å²) in [6, 6.07) is 0. The van der Waals surface area contributed by atoms with Gasteiger partial charge < -0.3 is 45.2 Å². The fourth-order valence-corrected chi connectivity index (χ4v) is 0. The molecule has 26 heavy (non-hydrogen) atoms. The Morgan fingerprint density at radius 3 is 0.115 bits per heavy atom. The van der Waals surface area contributed by atoms with Gasteiger partial charge in [0.1, 0.15) is 0 Å². The molecule has 0 rings (SSSR count). The van der Waals surface area contributed by atoms with Crippen LogP contribution in [0, 0.1) is 0 Å². The van der Waals surface area contributed by atoms with E-state index in [0.717, 1.165) is 0 Å². The average molecular weight is 612 g/mol. The van der Waals surface area contributed by atoms with Crippen LogP contribution in [0.25, 0.3) is 0 Å². The van der Waals surface area contributed by atoms with Gasteiger partial charge in [-0.05, 0) is 0 Å². The molecule has 0 bridgehead atoms. The van der Waals surface area contributed by atoms with E-state index in [4.69, 9.17) is 0 Å². The van der Waals surface area contributed by atoms with Gasteiger partial charge in [0, 0.05) is 0 Å². The first-order valence-corrected chi connectivity index (χ1v) is 0. The van der Waals surface area contributed by atoms with E-state index >= 15 is 0 Å². The van der Waals surface area contributed by atoms with Crippen molar-refractivity contribution in [3.63, 3.8) is 0 Å². The van der Waals surface area contributed by atoms with Crippen molar-refractivity contribution >= 4 is 0 Å². The maximum atomic E-state index is 0. The predicted molar refractivity (Wildman–Crippen MR) is 33.9 cm³/mol. The Kier molecular flexibility index (Phi) is 1580. The molecule has 4 N–H and O–H groups in total. The van der Waals surface area contributed by atoms with E-state index < -0.39 is 0 Å². The van der Waals surface area contributed by atoms with Crippen LogP contribution in [0.5, 0.6) is 0 Å². The molecule has 26 heteroatoms. The quantitative estimate of drug-likeness (QED) is 0.245. The third kappa shape index (κ3) is 184. The smallest absolute Gasteiger partial charge is 1.00 e. The summed E-state index contributed by atoms with van der Waals surface area (Å²) in [7, 11) is 0. The van der Waals surface area contributed by atoms with Crippen molar-refractivity contribution < 1.29 is 755 Å². The van der Waals surface area contributed by atoms with Crippen LogP contribution in [-0.2, 0) is 0 Å². The van der Waals surface area contributed by atoms with E-state index in [-0.39, 0.29) is 755 Å². The Morgan fingerprint density at radius 2 is 0.115 bits per heavy atom. The molecular weight excluding hydrogens is 584 g/mol. The van der Waals surface area contributed by atoms with Gasteiger partial charge in [-0.15, -0.1) is 0 Å². The van der Waals surface area contributed by atoms with Gasteiger partial charge in [0.15, 0.2) is 0 Å². The molecule has 0 aromatic heterocycles. The van der Waals surface area contributed by atoms with Crippen LogP contribution in [0.1, 0.15) is 34.2 Å². The molecule has 2 nitrogen and oxygen atoms in total. The summed E-state index contributed by atoms with van der Waals surface area (Å²) >= 11 is 0. The summed E-state index contributed by atoms with van der Waals surface area (Å²) in [4.78, 5) is 0. The van der Waals surface area contributed by atoms with Crippen molar-refractivity contribution in [1.29, 1.82) is 0 Å². The summed E-state index contributed by atoms with van der Waals surface area (Å²) in [5.41, 5.74) is 0. The molecule has 0 spiro atoms. The summed E-state index contributed by atoms with van der Waals surface area (Å²) in [6.45, 7) is 0. The SMILES string of the molecule is O.O.[H-].[H-].[H-].[H-].[H-].[H-].[H-].[H-].[H-].[H-].[H-].[H-].[H-].[H-].[H-].[H-].[H-].[H-].[H-].[H-].[H-].[H-].[H-].[H-].[Na+].[Na+].[Na+].[Na+].[Na+].[Na+].[Na+].[Na+].[Na+].[Na+].[Na+].[Na+].[Na+].[Na+].[Na+].[Na+].[Na+].[Na+].[Na+].[Na+].[Na+].[Na+].[Na+].[Na+]. The van der Waals surface area contributed by atoms with E-state index in [1.165, 1.54) is 0 Å². The molecule has 0 saturated carbocycles. The van der Waals surface area contributed by atoms with E-state index in [2.05, 4.69) is 0 Å². The normalized spacial score (nSPS) is 0. The zero-order valence-corrected chi connectivity index (χ0v) is 73.0. The Balaban J connectivity index is 0. The molecule has 64 valence electrons. The molecule has 0 fully saturated rings. The number of hydrogen-bond donors (Lipinski definition) is 0. The third-order valence-electron chi connectivity index (χ3n) is 0. The van der Waals surface area contributed by atoms with Crippen molar-refractivity contribution in [2.45, 2.75) is 0 Å². The Labute approximate surface area is 730 Å². The van der Waals surface area contributed by atoms with Gasteiger partial charge in [-0.25, -0.2) is 0 Å². The van der Waals surface area contributed by atoms with E-state index in [9.17, 15) is 0 Å². The van der Waals surface area contributed by atoms with Crippen LogP contribution >= 0.6 is 0 Å².